The van der Waals surface area contributed by atoms with Crippen molar-refractivity contribution in [1.29, 1.82) is 0 Å². The Morgan fingerprint density at radius 2 is 2.00 bits per heavy atom. The minimum absolute atomic E-state index is 0.0310. The molecule has 10 heteroatoms. The van der Waals surface area contributed by atoms with E-state index < -0.39 is 15.9 Å². The van der Waals surface area contributed by atoms with E-state index in [1.807, 2.05) is 0 Å². The lowest BCUT2D eigenvalue weighted by Crippen LogP contribution is -2.19. The number of amides is 1. The number of hydrogen-bond acceptors (Lipinski definition) is 6. The zero-order valence-corrected chi connectivity index (χ0v) is 17.0. The molecule has 0 spiro atoms. The molecule has 150 valence electrons. The van der Waals surface area contributed by atoms with Gasteiger partial charge in [-0.25, -0.2) is 13.6 Å². The predicted octanol–water partition coefficient (Wildman–Crippen LogP) is 1.50. The van der Waals surface area contributed by atoms with E-state index in [1.165, 1.54) is 19.2 Å². The number of para-hydroxylation sites is 2. The number of nitrogens with zero attached hydrogens (tertiary/aromatic N) is 2. The van der Waals surface area contributed by atoms with Crippen LogP contribution in [0.2, 0.25) is 0 Å². The maximum Gasteiger partial charge on any atom is 0.286 e. The second-order valence-corrected chi connectivity index (χ2v) is 8.37. The Morgan fingerprint density at radius 1 is 1.28 bits per heavy atom. The molecule has 3 rings (SSSR count). The number of aromatic nitrogens is 1. The number of methoxy groups -OCH3 is 1. The summed E-state index contributed by atoms with van der Waals surface area (Å²) in [6.45, 7) is -0.138. The number of carbonyl (C=O) groups excluding carboxylic acids is 1. The highest BCUT2D eigenvalue weighted by Gasteiger charge is 2.13. The summed E-state index contributed by atoms with van der Waals surface area (Å²) in [7, 11) is -2.35. The third-order valence-electron chi connectivity index (χ3n) is 3.87. The van der Waals surface area contributed by atoms with Crippen LogP contribution in [0.25, 0.3) is 10.2 Å². The minimum Gasteiger partial charge on any atom is -0.493 e. The number of hydrogen-bond donors (Lipinski definition) is 1. The van der Waals surface area contributed by atoms with E-state index in [2.05, 4.69) is 10.9 Å². The summed E-state index contributed by atoms with van der Waals surface area (Å²) in [5.41, 5.74) is 0.651. The standard InChI is InChI=1S/C19H17N3O5S2/c1-3-10-22-14-9-8-13(29(20,24)25)11-17(14)28-19(22)21-18(23)12-27-16-7-5-4-6-15(16)26-2/h1,4-9,11H,10,12H2,2H3,(H2,20,24,25). The molecule has 1 amide bonds. The summed E-state index contributed by atoms with van der Waals surface area (Å²) in [6.07, 6.45) is 5.43. The second-order valence-electron chi connectivity index (χ2n) is 5.79. The molecule has 1 heterocycles. The highest BCUT2D eigenvalue weighted by molar-refractivity contribution is 7.89. The van der Waals surface area contributed by atoms with Crippen molar-refractivity contribution in [3.63, 3.8) is 0 Å². The molecular formula is C19H17N3O5S2. The van der Waals surface area contributed by atoms with Crippen LogP contribution in [0.15, 0.2) is 52.4 Å². The largest absolute Gasteiger partial charge is 0.493 e. The average molecular weight is 431 g/mol. The Kier molecular flexibility index (Phi) is 6.03. The van der Waals surface area contributed by atoms with Gasteiger partial charge in [-0.1, -0.05) is 29.4 Å². The summed E-state index contributed by atoms with van der Waals surface area (Å²) in [5, 5.41) is 5.18. The van der Waals surface area contributed by atoms with E-state index in [4.69, 9.17) is 21.0 Å². The van der Waals surface area contributed by atoms with Gasteiger partial charge in [0.1, 0.15) is 0 Å². The van der Waals surface area contributed by atoms with Crippen molar-refractivity contribution < 1.29 is 22.7 Å². The summed E-state index contributed by atoms with van der Waals surface area (Å²) in [4.78, 5) is 16.7. The summed E-state index contributed by atoms with van der Waals surface area (Å²) >= 11 is 1.13. The third kappa shape index (κ3) is 4.65. The lowest BCUT2D eigenvalue weighted by Gasteiger charge is -2.08. The topological polar surface area (TPSA) is 113 Å². The van der Waals surface area contributed by atoms with Gasteiger partial charge in [0.25, 0.3) is 5.91 Å². The normalized spacial score (nSPS) is 12.0. The van der Waals surface area contributed by atoms with Gasteiger partial charge in [-0.15, -0.1) is 6.42 Å². The van der Waals surface area contributed by atoms with Crippen molar-refractivity contribution in [2.45, 2.75) is 11.4 Å². The Morgan fingerprint density at radius 3 is 2.66 bits per heavy atom. The second kappa shape index (κ2) is 8.48. The maximum atomic E-state index is 12.3. The summed E-state index contributed by atoms with van der Waals surface area (Å²) in [6, 6.07) is 11.3. The van der Waals surface area contributed by atoms with Crippen molar-refractivity contribution in [3.05, 3.63) is 47.3 Å². The third-order valence-corrected chi connectivity index (χ3v) is 5.82. The number of rotatable bonds is 6. The molecule has 0 aliphatic heterocycles. The molecule has 2 aromatic carbocycles. The maximum absolute atomic E-state index is 12.3. The first-order chi connectivity index (χ1) is 13.8. The fraction of sp³-hybridized carbons (Fsp3) is 0.158. The van der Waals surface area contributed by atoms with Crippen molar-refractivity contribution >= 4 is 37.5 Å². The fourth-order valence-corrected chi connectivity index (χ4v) is 4.28. The molecule has 0 bridgehead atoms. The quantitative estimate of drug-likeness (QED) is 0.594. The van der Waals surface area contributed by atoms with Crippen molar-refractivity contribution in [2.75, 3.05) is 13.7 Å². The summed E-state index contributed by atoms with van der Waals surface area (Å²) < 4.78 is 36.1. The van der Waals surface area contributed by atoms with Gasteiger partial charge in [0.05, 0.1) is 28.8 Å². The molecule has 0 fully saturated rings. The van der Waals surface area contributed by atoms with Crippen LogP contribution in [0.1, 0.15) is 0 Å². The average Bonchev–Trinajstić information content (AvgIpc) is 3.02. The first-order valence-electron chi connectivity index (χ1n) is 8.26. The number of nitrogens with two attached hydrogens (primary N) is 1. The number of thiazole rings is 1. The van der Waals surface area contributed by atoms with Gasteiger partial charge >= 0.3 is 0 Å². The molecular weight excluding hydrogens is 414 g/mol. The van der Waals surface area contributed by atoms with E-state index >= 15 is 0 Å². The molecule has 3 aromatic rings. The van der Waals surface area contributed by atoms with E-state index in [9.17, 15) is 13.2 Å². The van der Waals surface area contributed by atoms with Crippen LogP contribution < -0.4 is 19.4 Å². The number of terminal acetylenes is 1. The minimum atomic E-state index is -3.85. The monoisotopic (exact) mass is 431 g/mol. The number of ether oxygens (including phenoxy) is 2. The van der Waals surface area contributed by atoms with Crippen LogP contribution in [0.3, 0.4) is 0 Å². The van der Waals surface area contributed by atoms with Crippen LogP contribution in [-0.4, -0.2) is 32.6 Å². The molecule has 0 saturated carbocycles. The van der Waals surface area contributed by atoms with Crippen LogP contribution in [-0.2, 0) is 21.4 Å². The molecule has 8 nitrogen and oxygen atoms in total. The molecule has 1 aromatic heterocycles. The van der Waals surface area contributed by atoms with Gasteiger partial charge < -0.3 is 14.0 Å². The van der Waals surface area contributed by atoms with E-state index in [0.717, 1.165) is 11.3 Å². The van der Waals surface area contributed by atoms with Gasteiger partial charge in [0, 0.05) is 0 Å². The molecule has 0 atom stereocenters. The molecule has 0 unspecified atom stereocenters. The lowest BCUT2D eigenvalue weighted by atomic mass is 10.3. The summed E-state index contributed by atoms with van der Waals surface area (Å²) in [5.74, 6) is 2.89. The van der Waals surface area contributed by atoms with Crippen LogP contribution in [0.4, 0.5) is 0 Å². The molecule has 0 aliphatic rings. The van der Waals surface area contributed by atoms with Crippen LogP contribution in [0, 0.1) is 12.3 Å². The lowest BCUT2D eigenvalue weighted by molar-refractivity contribution is -0.120. The van der Waals surface area contributed by atoms with Crippen molar-refractivity contribution in [3.8, 4) is 23.8 Å². The van der Waals surface area contributed by atoms with E-state index in [1.54, 1.807) is 34.9 Å². The first kappa shape index (κ1) is 20.6. The molecule has 29 heavy (non-hydrogen) atoms. The predicted molar refractivity (Wildman–Crippen MR) is 109 cm³/mol. The molecule has 0 radical (unpaired) electrons. The Hall–Kier alpha value is -3.13. The number of fused-ring (bicyclic) bond motifs is 1. The Balaban J connectivity index is 1.94. The molecule has 0 aliphatic carbocycles. The van der Waals surface area contributed by atoms with Crippen molar-refractivity contribution in [2.24, 2.45) is 10.1 Å². The number of benzene rings is 2. The van der Waals surface area contributed by atoms with Crippen LogP contribution in [0.5, 0.6) is 11.5 Å². The van der Waals surface area contributed by atoms with Gasteiger partial charge in [-0.05, 0) is 30.3 Å². The van der Waals surface area contributed by atoms with Crippen LogP contribution >= 0.6 is 11.3 Å². The van der Waals surface area contributed by atoms with Gasteiger partial charge in [0.15, 0.2) is 22.9 Å². The zero-order valence-electron chi connectivity index (χ0n) is 15.4. The van der Waals surface area contributed by atoms with Crippen molar-refractivity contribution in [1.82, 2.24) is 4.57 Å². The number of carbonyl (C=O) groups is 1. The van der Waals surface area contributed by atoms with Gasteiger partial charge in [-0.2, -0.15) is 4.99 Å². The van der Waals surface area contributed by atoms with Gasteiger partial charge in [-0.3, -0.25) is 4.79 Å². The SMILES string of the molecule is C#CCn1c(=NC(=O)COc2ccccc2OC)sc2cc(S(N)(=O)=O)ccc21. The smallest absolute Gasteiger partial charge is 0.286 e. The Labute approximate surface area is 171 Å². The van der Waals surface area contributed by atoms with E-state index in [0.29, 0.717) is 26.5 Å². The number of sulfonamides is 1. The number of primary sulfonamides is 1. The molecule has 2 N–H and O–H groups in total. The highest BCUT2D eigenvalue weighted by atomic mass is 32.2. The van der Waals surface area contributed by atoms with E-state index in [-0.39, 0.29) is 18.0 Å². The zero-order chi connectivity index (χ0) is 21.0. The highest BCUT2D eigenvalue weighted by Crippen LogP contribution is 2.25. The Bertz CT molecular complexity index is 1280. The van der Waals surface area contributed by atoms with Gasteiger partial charge in [0.2, 0.25) is 10.0 Å². The molecule has 0 saturated heterocycles. The fourth-order valence-electron chi connectivity index (χ4n) is 2.58. The first-order valence-corrected chi connectivity index (χ1v) is 10.6.